The molecule has 0 atom stereocenters. The second-order valence-electron chi connectivity index (χ2n) is 5.59. The molecule has 0 aromatic rings. The van der Waals surface area contributed by atoms with Gasteiger partial charge in [0.1, 0.15) is 0 Å². The first-order chi connectivity index (χ1) is 7.87. The van der Waals surface area contributed by atoms with Crippen molar-refractivity contribution in [2.75, 3.05) is 6.54 Å². The van der Waals surface area contributed by atoms with E-state index >= 15 is 0 Å². The molecule has 1 rings (SSSR count). The SMILES string of the molecule is CC(C)(C)NC(N)=NCCCC(=O)NC1CC1.I. The highest BCUT2D eigenvalue weighted by Gasteiger charge is 2.22. The summed E-state index contributed by atoms with van der Waals surface area (Å²) in [6, 6.07) is 0.443. The molecule has 106 valence electrons. The van der Waals surface area contributed by atoms with Crippen LogP contribution >= 0.6 is 24.0 Å². The molecule has 18 heavy (non-hydrogen) atoms. The molecule has 1 aliphatic rings. The molecule has 4 N–H and O–H groups in total. The summed E-state index contributed by atoms with van der Waals surface area (Å²) in [6.07, 6.45) is 3.53. The zero-order valence-corrected chi connectivity index (χ0v) is 13.8. The summed E-state index contributed by atoms with van der Waals surface area (Å²) >= 11 is 0. The molecular formula is C12H25IN4O. The van der Waals surface area contributed by atoms with E-state index in [1.165, 1.54) is 0 Å². The van der Waals surface area contributed by atoms with Crippen LogP contribution in [0, 0.1) is 0 Å². The van der Waals surface area contributed by atoms with E-state index in [1.807, 2.05) is 20.8 Å². The van der Waals surface area contributed by atoms with Crippen LogP contribution in [0.2, 0.25) is 0 Å². The minimum atomic E-state index is -0.0725. The lowest BCUT2D eigenvalue weighted by molar-refractivity contribution is -0.121. The molecular weight excluding hydrogens is 343 g/mol. The van der Waals surface area contributed by atoms with Crippen molar-refractivity contribution in [1.82, 2.24) is 10.6 Å². The molecule has 1 aliphatic carbocycles. The fourth-order valence-corrected chi connectivity index (χ4v) is 1.39. The van der Waals surface area contributed by atoms with Gasteiger partial charge < -0.3 is 16.4 Å². The van der Waals surface area contributed by atoms with E-state index < -0.39 is 0 Å². The Labute approximate surface area is 126 Å². The van der Waals surface area contributed by atoms with Crippen LogP contribution in [0.15, 0.2) is 4.99 Å². The molecule has 1 amide bonds. The maximum absolute atomic E-state index is 11.4. The molecule has 5 nitrogen and oxygen atoms in total. The molecule has 0 spiro atoms. The van der Waals surface area contributed by atoms with Crippen LogP contribution in [0.3, 0.4) is 0 Å². The van der Waals surface area contributed by atoms with Crippen molar-refractivity contribution >= 4 is 35.8 Å². The molecule has 0 bridgehead atoms. The minimum Gasteiger partial charge on any atom is -0.370 e. The summed E-state index contributed by atoms with van der Waals surface area (Å²) < 4.78 is 0. The predicted molar refractivity (Wildman–Crippen MR) is 85.2 cm³/mol. The number of hydrogen-bond donors (Lipinski definition) is 3. The minimum absolute atomic E-state index is 0. The van der Waals surface area contributed by atoms with E-state index in [9.17, 15) is 4.79 Å². The van der Waals surface area contributed by atoms with E-state index in [2.05, 4.69) is 15.6 Å². The Bertz CT molecular complexity index is 295. The number of nitrogens with one attached hydrogen (secondary N) is 2. The van der Waals surface area contributed by atoms with Gasteiger partial charge in [-0.05, 0) is 40.0 Å². The van der Waals surface area contributed by atoms with Crippen molar-refractivity contribution in [3.05, 3.63) is 0 Å². The van der Waals surface area contributed by atoms with Crippen LogP contribution < -0.4 is 16.4 Å². The number of halogens is 1. The molecule has 1 saturated carbocycles. The molecule has 0 heterocycles. The summed E-state index contributed by atoms with van der Waals surface area (Å²) in [7, 11) is 0. The Morgan fingerprint density at radius 1 is 1.39 bits per heavy atom. The van der Waals surface area contributed by atoms with Crippen LogP contribution in [0.1, 0.15) is 46.5 Å². The van der Waals surface area contributed by atoms with Crippen molar-refractivity contribution in [1.29, 1.82) is 0 Å². The topological polar surface area (TPSA) is 79.5 Å². The molecule has 1 fully saturated rings. The fraction of sp³-hybridized carbons (Fsp3) is 0.833. The maximum Gasteiger partial charge on any atom is 0.220 e. The molecule has 0 aromatic heterocycles. The highest BCUT2D eigenvalue weighted by molar-refractivity contribution is 14.0. The van der Waals surface area contributed by atoms with Gasteiger partial charge in [0.15, 0.2) is 5.96 Å². The average molecular weight is 368 g/mol. The highest BCUT2D eigenvalue weighted by Crippen LogP contribution is 2.18. The Balaban J connectivity index is 0.00000289. The second-order valence-corrected chi connectivity index (χ2v) is 5.59. The lowest BCUT2D eigenvalue weighted by atomic mass is 10.1. The Kier molecular flexibility index (Phi) is 7.58. The number of nitrogens with zero attached hydrogens (tertiary/aromatic N) is 1. The molecule has 0 radical (unpaired) electrons. The second kappa shape index (κ2) is 7.81. The van der Waals surface area contributed by atoms with Crippen molar-refractivity contribution in [2.45, 2.75) is 58.0 Å². The lowest BCUT2D eigenvalue weighted by Crippen LogP contribution is -2.45. The predicted octanol–water partition coefficient (Wildman–Crippen LogP) is 1.37. The first-order valence-electron chi connectivity index (χ1n) is 6.24. The quantitative estimate of drug-likeness (QED) is 0.297. The number of hydrogen-bond acceptors (Lipinski definition) is 2. The van der Waals surface area contributed by atoms with Gasteiger partial charge in [0, 0.05) is 24.5 Å². The van der Waals surface area contributed by atoms with E-state index in [1.54, 1.807) is 0 Å². The maximum atomic E-state index is 11.4. The largest absolute Gasteiger partial charge is 0.370 e. The monoisotopic (exact) mass is 368 g/mol. The van der Waals surface area contributed by atoms with Crippen LogP contribution in [0.25, 0.3) is 0 Å². The van der Waals surface area contributed by atoms with Crippen molar-refractivity contribution in [2.24, 2.45) is 10.7 Å². The fourth-order valence-electron chi connectivity index (χ4n) is 1.39. The number of aliphatic imine (C=N–C) groups is 1. The van der Waals surface area contributed by atoms with Gasteiger partial charge in [-0.2, -0.15) is 0 Å². The van der Waals surface area contributed by atoms with Crippen molar-refractivity contribution in [3.63, 3.8) is 0 Å². The van der Waals surface area contributed by atoms with Crippen LogP contribution in [-0.4, -0.2) is 30.0 Å². The van der Waals surface area contributed by atoms with Crippen LogP contribution in [0.4, 0.5) is 0 Å². The smallest absolute Gasteiger partial charge is 0.220 e. The van der Waals surface area contributed by atoms with Gasteiger partial charge in [0.25, 0.3) is 0 Å². The number of carbonyl (C=O) groups is 1. The summed E-state index contributed by atoms with van der Waals surface area (Å²) in [5, 5.41) is 6.02. The van der Waals surface area contributed by atoms with Gasteiger partial charge in [-0.15, -0.1) is 24.0 Å². The standard InChI is InChI=1S/C12H24N4O.HI/c1-12(2,3)16-11(13)14-8-4-5-10(17)15-9-6-7-9;/h9H,4-8H2,1-3H3,(H,15,17)(H3,13,14,16);1H. The van der Waals surface area contributed by atoms with E-state index in [0.29, 0.717) is 25.0 Å². The summed E-state index contributed by atoms with van der Waals surface area (Å²) in [4.78, 5) is 15.5. The summed E-state index contributed by atoms with van der Waals surface area (Å²) in [5.74, 6) is 0.574. The van der Waals surface area contributed by atoms with Gasteiger partial charge in [-0.1, -0.05) is 0 Å². The number of amides is 1. The van der Waals surface area contributed by atoms with Gasteiger partial charge in [-0.25, -0.2) is 0 Å². The zero-order chi connectivity index (χ0) is 12.9. The number of rotatable bonds is 5. The third kappa shape index (κ3) is 9.49. The summed E-state index contributed by atoms with van der Waals surface area (Å²) in [6.45, 7) is 6.67. The van der Waals surface area contributed by atoms with Gasteiger partial charge in [0.2, 0.25) is 5.91 Å². The van der Waals surface area contributed by atoms with Crippen LogP contribution in [-0.2, 0) is 4.79 Å². The van der Waals surface area contributed by atoms with Crippen LogP contribution in [0.5, 0.6) is 0 Å². The normalized spacial score (nSPS) is 15.8. The Hall–Kier alpha value is -0.530. The van der Waals surface area contributed by atoms with E-state index in [4.69, 9.17) is 5.73 Å². The van der Waals surface area contributed by atoms with Crippen molar-refractivity contribution < 1.29 is 4.79 Å². The molecule has 0 aromatic carbocycles. The van der Waals surface area contributed by atoms with Crippen molar-refractivity contribution in [3.8, 4) is 0 Å². The third-order valence-electron chi connectivity index (χ3n) is 2.29. The third-order valence-corrected chi connectivity index (χ3v) is 2.29. The van der Waals surface area contributed by atoms with Gasteiger partial charge in [0.05, 0.1) is 0 Å². The lowest BCUT2D eigenvalue weighted by Gasteiger charge is -2.20. The average Bonchev–Trinajstić information content (AvgIpc) is 2.93. The Morgan fingerprint density at radius 3 is 2.50 bits per heavy atom. The molecule has 0 unspecified atom stereocenters. The molecule has 0 aliphatic heterocycles. The van der Waals surface area contributed by atoms with Gasteiger partial charge >= 0.3 is 0 Å². The zero-order valence-electron chi connectivity index (χ0n) is 11.5. The molecule has 0 saturated heterocycles. The van der Waals surface area contributed by atoms with E-state index in [0.717, 1.165) is 19.3 Å². The first-order valence-corrected chi connectivity index (χ1v) is 6.24. The van der Waals surface area contributed by atoms with E-state index in [-0.39, 0.29) is 35.4 Å². The molecule has 6 heteroatoms. The number of carbonyl (C=O) groups excluding carboxylic acids is 1. The summed E-state index contributed by atoms with van der Waals surface area (Å²) in [5.41, 5.74) is 5.63. The number of guanidine groups is 1. The highest BCUT2D eigenvalue weighted by atomic mass is 127. The van der Waals surface area contributed by atoms with Gasteiger partial charge in [-0.3, -0.25) is 9.79 Å². The Morgan fingerprint density at radius 2 is 2.00 bits per heavy atom. The first kappa shape index (κ1) is 17.5. The number of nitrogens with two attached hydrogens (primary N) is 1.